The Morgan fingerprint density at radius 1 is 0.446 bits per heavy atom. The molecular formula is C48H54O8. The number of hydrogen-bond donors (Lipinski definition) is 1. The largest absolute Gasteiger partial charge is 0.394 e. The summed E-state index contributed by atoms with van der Waals surface area (Å²) in [7, 11) is 1.67. The number of aliphatic hydroxyl groups is 1. The molecule has 8 nitrogen and oxygen atoms in total. The second-order valence-electron chi connectivity index (χ2n) is 14.4. The fourth-order valence-electron chi connectivity index (χ4n) is 8.35. The van der Waals surface area contributed by atoms with Gasteiger partial charge in [-0.2, -0.15) is 0 Å². The van der Waals surface area contributed by atoms with E-state index < -0.39 is 11.0 Å². The molecule has 0 heterocycles. The highest BCUT2D eigenvalue weighted by Gasteiger charge is 2.51. The number of rotatable bonds is 22. The van der Waals surface area contributed by atoms with Crippen molar-refractivity contribution in [2.75, 3.05) is 93.0 Å². The quantitative estimate of drug-likeness (QED) is 0.0722. The molecule has 8 heteroatoms. The molecule has 1 N–H and O–H groups in total. The van der Waals surface area contributed by atoms with Crippen LogP contribution >= 0.6 is 0 Å². The summed E-state index contributed by atoms with van der Waals surface area (Å²) >= 11 is 0. The molecule has 294 valence electrons. The molecule has 0 spiro atoms. The third-order valence-electron chi connectivity index (χ3n) is 10.9. The first-order valence-electron chi connectivity index (χ1n) is 19.7. The number of aliphatic hydroxyl groups excluding tert-OH is 1. The Labute approximate surface area is 331 Å². The maximum Gasteiger partial charge on any atom is 0.145 e. The number of benzene rings is 5. The van der Waals surface area contributed by atoms with E-state index >= 15 is 0 Å². The molecule has 0 bridgehead atoms. The smallest absolute Gasteiger partial charge is 0.145 e. The van der Waals surface area contributed by atoms with Gasteiger partial charge >= 0.3 is 0 Å². The number of aryl methyl sites for hydroxylation is 2. The van der Waals surface area contributed by atoms with E-state index in [1.807, 2.05) is 0 Å². The molecule has 0 amide bonds. The van der Waals surface area contributed by atoms with Crippen molar-refractivity contribution in [2.24, 2.45) is 0 Å². The molecule has 0 fully saturated rings. The van der Waals surface area contributed by atoms with Gasteiger partial charge in [-0.1, -0.05) is 108 Å². The highest BCUT2D eigenvalue weighted by molar-refractivity contribution is 5.92. The van der Waals surface area contributed by atoms with Gasteiger partial charge in [-0.15, -0.1) is 0 Å². The summed E-state index contributed by atoms with van der Waals surface area (Å²) in [6.07, 6.45) is 0. The SMILES string of the molecule is COCCOCCOCCOC1(c2ccccc2)c2cc(C)ccc2-c2cc3c(cc21)-c1ccc(C)cc1C3(COCCOCCOCCO)c1ccccc1. The zero-order valence-corrected chi connectivity index (χ0v) is 32.9. The third-order valence-corrected chi connectivity index (χ3v) is 10.9. The Kier molecular flexibility index (Phi) is 13.4. The fourth-order valence-corrected chi connectivity index (χ4v) is 8.35. The molecule has 5 aromatic rings. The number of hydrogen-bond acceptors (Lipinski definition) is 8. The van der Waals surface area contributed by atoms with Crippen molar-refractivity contribution in [3.05, 3.63) is 154 Å². The topological polar surface area (TPSA) is 84.8 Å². The first-order chi connectivity index (χ1) is 27.5. The van der Waals surface area contributed by atoms with Crippen molar-refractivity contribution < 1.29 is 38.3 Å². The van der Waals surface area contributed by atoms with Crippen molar-refractivity contribution >= 4 is 0 Å². The molecule has 0 aliphatic heterocycles. The van der Waals surface area contributed by atoms with Crippen molar-refractivity contribution in [3.8, 4) is 22.3 Å². The highest BCUT2D eigenvalue weighted by Crippen LogP contribution is 2.60. The van der Waals surface area contributed by atoms with Crippen LogP contribution in [0.15, 0.2) is 109 Å². The maximum atomic E-state index is 8.99. The summed E-state index contributed by atoms with van der Waals surface area (Å²) in [6, 6.07) is 39.7. The van der Waals surface area contributed by atoms with Crippen molar-refractivity contribution in [2.45, 2.75) is 24.9 Å². The van der Waals surface area contributed by atoms with E-state index in [9.17, 15) is 0 Å². The second-order valence-corrected chi connectivity index (χ2v) is 14.4. The molecule has 2 aliphatic carbocycles. The average molecular weight is 759 g/mol. The zero-order valence-electron chi connectivity index (χ0n) is 32.9. The minimum atomic E-state index is -0.858. The van der Waals surface area contributed by atoms with E-state index in [2.05, 4.69) is 123 Å². The van der Waals surface area contributed by atoms with Gasteiger partial charge in [-0.05, 0) is 70.5 Å². The van der Waals surface area contributed by atoms with Gasteiger partial charge in [0.05, 0.1) is 91.3 Å². The van der Waals surface area contributed by atoms with Crippen LogP contribution in [0.2, 0.25) is 0 Å². The predicted octanol–water partition coefficient (Wildman–Crippen LogP) is 7.63. The predicted molar refractivity (Wildman–Crippen MR) is 218 cm³/mol. The van der Waals surface area contributed by atoms with Crippen LogP contribution < -0.4 is 0 Å². The van der Waals surface area contributed by atoms with Crippen LogP contribution in [0, 0.1) is 13.8 Å². The Hall–Kier alpha value is -4.22. The van der Waals surface area contributed by atoms with Crippen LogP contribution in [0.5, 0.6) is 0 Å². The van der Waals surface area contributed by atoms with E-state index in [0.717, 1.165) is 27.8 Å². The number of fused-ring (bicyclic) bond motifs is 6. The lowest BCUT2D eigenvalue weighted by atomic mass is 9.72. The van der Waals surface area contributed by atoms with Gasteiger partial charge in [0.1, 0.15) is 5.60 Å². The van der Waals surface area contributed by atoms with Gasteiger partial charge in [0.25, 0.3) is 0 Å². The van der Waals surface area contributed by atoms with Crippen molar-refractivity contribution in [1.29, 1.82) is 0 Å². The molecule has 2 aliphatic rings. The molecule has 0 radical (unpaired) electrons. The van der Waals surface area contributed by atoms with Crippen LogP contribution in [0.3, 0.4) is 0 Å². The van der Waals surface area contributed by atoms with E-state index in [0.29, 0.717) is 79.3 Å². The molecule has 0 saturated heterocycles. The Balaban J connectivity index is 1.30. The number of ether oxygens (including phenoxy) is 7. The fraction of sp³-hybridized carbons (Fsp3) is 0.375. The van der Waals surface area contributed by atoms with E-state index in [-0.39, 0.29) is 6.61 Å². The molecule has 56 heavy (non-hydrogen) atoms. The minimum absolute atomic E-state index is 0.00325. The summed E-state index contributed by atoms with van der Waals surface area (Å²) in [6.45, 7) is 9.74. The van der Waals surface area contributed by atoms with Gasteiger partial charge in [-0.3, -0.25) is 0 Å². The molecule has 7 rings (SSSR count). The molecular weight excluding hydrogens is 705 g/mol. The first kappa shape index (κ1) is 40.0. The summed E-state index contributed by atoms with van der Waals surface area (Å²) in [5.74, 6) is 0. The lowest BCUT2D eigenvalue weighted by Gasteiger charge is -2.35. The lowest BCUT2D eigenvalue weighted by molar-refractivity contribution is -0.0340. The molecule has 2 atom stereocenters. The Morgan fingerprint density at radius 2 is 0.911 bits per heavy atom. The van der Waals surface area contributed by atoms with Crippen LogP contribution in [0.25, 0.3) is 22.3 Å². The summed E-state index contributed by atoms with van der Waals surface area (Å²) in [4.78, 5) is 0. The minimum Gasteiger partial charge on any atom is -0.394 e. The number of methoxy groups -OCH3 is 1. The van der Waals surface area contributed by atoms with Gasteiger partial charge in [0.15, 0.2) is 0 Å². The monoisotopic (exact) mass is 758 g/mol. The van der Waals surface area contributed by atoms with E-state index in [4.69, 9.17) is 38.3 Å². The van der Waals surface area contributed by atoms with Crippen LogP contribution in [0.1, 0.15) is 44.5 Å². The van der Waals surface area contributed by atoms with Gasteiger partial charge in [0.2, 0.25) is 0 Å². The standard InChI is InChI=1S/C48H54O8/c1-35-14-16-39-41-33-46-42(32-44(41)47(43(39)30-35,37-10-6-4-7-11-37)34-55-27-26-53-23-22-51-19-18-49)40-17-15-36(2)31-45(40)48(46,38-12-8-5-9-13-38)56-29-28-54-25-24-52-21-20-50-3/h4-17,30-33,49H,18-29,34H2,1-3H3. The van der Waals surface area contributed by atoms with E-state index in [1.54, 1.807) is 7.11 Å². The van der Waals surface area contributed by atoms with Crippen LogP contribution in [-0.4, -0.2) is 98.1 Å². The summed E-state index contributed by atoms with van der Waals surface area (Å²) in [5.41, 5.74) is 12.6. The molecule has 5 aromatic carbocycles. The van der Waals surface area contributed by atoms with E-state index in [1.165, 1.54) is 38.9 Å². The van der Waals surface area contributed by atoms with Gasteiger partial charge in [-0.25, -0.2) is 0 Å². The lowest BCUT2D eigenvalue weighted by Crippen LogP contribution is -2.34. The Morgan fingerprint density at radius 3 is 1.54 bits per heavy atom. The highest BCUT2D eigenvalue weighted by atomic mass is 16.6. The summed E-state index contributed by atoms with van der Waals surface area (Å²) in [5, 5.41) is 8.99. The first-order valence-corrected chi connectivity index (χ1v) is 19.7. The zero-order chi connectivity index (χ0) is 38.8. The van der Waals surface area contributed by atoms with Crippen molar-refractivity contribution in [1.82, 2.24) is 0 Å². The van der Waals surface area contributed by atoms with Crippen LogP contribution in [0.4, 0.5) is 0 Å². The van der Waals surface area contributed by atoms with Gasteiger partial charge < -0.3 is 38.3 Å². The summed E-state index contributed by atoms with van der Waals surface area (Å²) < 4.78 is 41.7. The maximum absolute atomic E-state index is 8.99. The molecule has 2 unspecified atom stereocenters. The molecule has 0 aromatic heterocycles. The second kappa shape index (κ2) is 18.8. The average Bonchev–Trinajstić information content (AvgIpc) is 3.65. The van der Waals surface area contributed by atoms with Crippen LogP contribution in [-0.2, 0) is 44.2 Å². The van der Waals surface area contributed by atoms with Gasteiger partial charge in [0, 0.05) is 18.2 Å². The Bertz CT molecular complexity index is 1890. The third kappa shape index (κ3) is 7.99. The molecule has 0 saturated carbocycles. The normalized spacial score (nSPS) is 17.8. The van der Waals surface area contributed by atoms with Crippen molar-refractivity contribution in [3.63, 3.8) is 0 Å².